The molecule has 2 aromatic carbocycles. The lowest BCUT2D eigenvalue weighted by Gasteiger charge is -2.04. The van der Waals surface area contributed by atoms with Gasteiger partial charge in [-0.1, -0.05) is 18.2 Å². The summed E-state index contributed by atoms with van der Waals surface area (Å²) in [5.41, 5.74) is 1.64. The monoisotopic (exact) mass is 228 g/mol. The molecule has 0 saturated carbocycles. The minimum atomic E-state index is 0.730. The zero-order chi connectivity index (χ0) is 11.8. The average molecular weight is 228 g/mol. The molecule has 3 nitrogen and oxygen atoms in total. The van der Waals surface area contributed by atoms with E-state index < -0.39 is 0 Å². The van der Waals surface area contributed by atoms with E-state index in [2.05, 4.69) is 0 Å². The number of methoxy groups -OCH3 is 2. The van der Waals surface area contributed by atoms with Crippen molar-refractivity contribution in [2.75, 3.05) is 14.2 Å². The van der Waals surface area contributed by atoms with Crippen LogP contribution in [0.5, 0.6) is 11.5 Å². The van der Waals surface area contributed by atoms with Crippen LogP contribution in [-0.4, -0.2) is 14.2 Å². The van der Waals surface area contributed by atoms with E-state index in [1.807, 2.05) is 36.4 Å². The van der Waals surface area contributed by atoms with Crippen molar-refractivity contribution in [2.24, 2.45) is 0 Å². The lowest BCUT2D eigenvalue weighted by Crippen LogP contribution is -1.87. The summed E-state index contributed by atoms with van der Waals surface area (Å²) < 4.78 is 16.4. The highest BCUT2D eigenvalue weighted by Crippen LogP contribution is 2.38. The zero-order valence-corrected chi connectivity index (χ0v) is 9.69. The number of benzene rings is 2. The van der Waals surface area contributed by atoms with Crippen LogP contribution >= 0.6 is 0 Å². The van der Waals surface area contributed by atoms with Crippen LogP contribution in [0, 0.1) is 0 Å². The largest absolute Gasteiger partial charge is 0.496 e. The molecule has 0 spiro atoms. The molecule has 86 valence electrons. The second-order valence-corrected chi connectivity index (χ2v) is 3.80. The normalized spacial score (nSPS) is 10.9. The van der Waals surface area contributed by atoms with Crippen molar-refractivity contribution in [1.82, 2.24) is 0 Å². The predicted octanol–water partition coefficient (Wildman–Crippen LogP) is 3.60. The highest BCUT2D eigenvalue weighted by atomic mass is 16.5. The molecule has 0 aliphatic carbocycles. The van der Waals surface area contributed by atoms with Crippen LogP contribution in [-0.2, 0) is 0 Å². The second-order valence-electron chi connectivity index (χ2n) is 3.80. The molecular formula is C14H12O3. The number of fused-ring (bicyclic) bond motifs is 3. The number of hydrogen-bond donors (Lipinski definition) is 0. The van der Waals surface area contributed by atoms with Crippen molar-refractivity contribution in [3.05, 3.63) is 36.4 Å². The molecule has 3 aromatic rings. The molecule has 0 aliphatic rings. The third kappa shape index (κ3) is 1.43. The van der Waals surface area contributed by atoms with Crippen LogP contribution in [0.4, 0.5) is 0 Å². The summed E-state index contributed by atoms with van der Waals surface area (Å²) in [6.45, 7) is 0. The number of rotatable bonds is 2. The van der Waals surface area contributed by atoms with E-state index in [1.165, 1.54) is 0 Å². The van der Waals surface area contributed by atoms with E-state index >= 15 is 0 Å². The molecule has 0 aliphatic heterocycles. The van der Waals surface area contributed by atoms with E-state index in [9.17, 15) is 0 Å². The third-order valence-electron chi connectivity index (χ3n) is 2.87. The Bertz CT molecular complexity index is 682. The number of hydrogen-bond acceptors (Lipinski definition) is 3. The van der Waals surface area contributed by atoms with Gasteiger partial charge >= 0.3 is 0 Å². The third-order valence-corrected chi connectivity index (χ3v) is 2.87. The van der Waals surface area contributed by atoms with Gasteiger partial charge in [0.1, 0.15) is 22.7 Å². The predicted molar refractivity (Wildman–Crippen MR) is 66.8 cm³/mol. The van der Waals surface area contributed by atoms with Crippen LogP contribution in [0.15, 0.2) is 40.8 Å². The van der Waals surface area contributed by atoms with Gasteiger partial charge in [0.05, 0.1) is 19.6 Å². The zero-order valence-electron chi connectivity index (χ0n) is 9.69. The minimum absolute atomic E-state index is 0.730. The Morgan fingerprint density at radius 1 is 0.941 bits per heavy atom. The Hall–Kier alpha value is -2.16. The lowest BCUT2D eigenvalue weighted by atomic mass is 10.1. The van der Waals surface area contributed by atoms with E-state index in [0.29, 0.717) is 0 Å². The summed E-state index contributed by atoms with van der Waals surface area (Å²) in [4.78, 5) is 0. The quantitative estimate of drug-likeness (QED) is 0.671. The van der Waals surface area contributed by atoms with Crippen molar-refractivity contribution in [3.8, 4) is 11.5 Å². The second kappa shape index (κ2) is 3.70. The summed E-state index contributed by atoms with van der Waals surface area (Å²) in [6.07, 6.45) is 0. The van der Waals surface area contributed by atoms with Crippen LogP contribution in [0.3, 0.4) is 0 Å². The highest BCUT2D eigenvalue weighted by molar-refractivity contribution is 6.08. The topological polar surface area (TPSA) is 31.6 Å². The molecule has 0 radical (unpaired) electrons. The number of furan rings is 1. The Kier molecular flexibility index (Phi) is 2.18. The summed E-state index contributed by atoms with van der Waals surface area (Å²) in [7, 11) is 3.28. The first-order chi connectivity index (χ1) is 8.33. The van der Waals surface area contributed by atoms with Gasteiger partial charge in [0.15, 0.2) is 0 Å². The van der Waals surface area contributed by atoms with Crippen molar-refractivity contribution < 1.29 is 13.9 Å². The molecule has 1 aromatic heterocycles. The van der Waals surface area contributed by atoms with Gasteiger partial charge in [-0.25, -0.2) is 0 Å². The first kappa shape index (κ1) is 10.0. The molecule has 3 heteroatoms. The van der Waals surface area contributed by atoms with Gasteiger partial charge in [0.25, 0.3) is 0 Å². The van der Waals surface area contributed by atoms with E-state index in [1.54, 1.807) is 14.2 Å². The standard InChI is InChI=1S/C14H12O3/c1-15-9-7-12(16-2)14-10-5-3-4-6-11(10)17-13(14)8-9/h3-8H,1-2H3. The Morgan fingerprint density at radius 2 is 1.76 bits per heavy atom. The van der Waals surface area contributed by atoms with Crippen molar-refractivity contribution >= 4 is 21.9 Å². The van der Waals surface area contributed by atoms with Crippen LogP contribution in [0.1, 0.15) is 0 Å². The molecular weight excluding hydrogens is 216 g/mol. The number of para-hydroxylation sites is 1. The van der Waals surface area contributed by atoms with E-state index in [0.717, 1.165) is 33.4 Å². The fourth-order valence-electron chi connectivity index (χ4n) is 2.07. The van der Waals surface area contributed by atoms with Gasteiger partial charge in [-0.15, -0.1) is 0 Å². The van der Waals surface area contributed by atoms with Gasteiger partial charge in [0.2, 0.25) is 0 Å². The van der Waals surface area contributed by atoms with Gasteiger partial charge in [-0.05, 0) is 6.07 Å². The average Bonchev–Trinajstić information content (AvgIpc) is 2.75. The smallest absolute Gasteiger partial charge is 0.142 e. The Labute approximate surface area is 98.5 Å². The first-order valence-corrected chi connectivity index (χ1v) is 5.37. The molecule has 0 fully saturated rings. The Morgan fingerprint density at radius 3 is 2.53 bits per heavy atom. The van der Waals surface area contributed by atoms with Gasteiger partial charge in [-0.3, -0.25) is 0 Å². The van der Waals surface area contributed by atoms with Gasteiger partial charge < -0.3 is 13.9 Å². The van der Waals surface area contributed by atoms with Crippen molar-refractivity contribution in [3.63, 3.8) is 0 Å². The Balaban J connectivity index is 2.47. The molecule has 0 atom stereocenters. The van der Waals surface area contributed by atoms with Crippen molar-refractivity contribution in [2.45, 2.75) is 0 Å². The fourth-order valence-corrected chi connectivity index (χ4v) is 2.07. The van der Waals surface area contributed by atoms with Crippen LogP contribution in [0.2, 0.25) is 0 Å². The lowest BCUT2D eigenvalue weighted by molar-refractivity contribution is 0.397. The molecule has 0 amide bonds. The molecule has 3 rings (SSSR count). The maximum atomic E-state index is 5.78. The fraction of sp³-hybridized carbons (Fsp3) is 0.143. The maximum absolute atomic E-state index is 5.78. The number of ether oxygens (including phenoxy) is 2. The maximum Gasteiger partial charge on any atom is 0.142 e. The minimum Gasteiger partial charge on any atom is -0.496 e. The van der Waals surface area contributed by atoms with E-state index in [4.69, 9.17) is 13.9 Å². The molecule has 1 heterocycles. The van der Waals surface area contributed by atoms with Crippen LogP contribution < -0.4 is 9.47 Å². The molecule has 0 saturated heterocycles. The van der Waals surface area contributed by atoms with Gasteiger partial charge in [0, 0.05) is 17.5 Å². The van der Waals surface area contributed by atoms with Crippen molar-refractivity contribution in [1.29, 1.82) is 0 Å². The highest BCUT2D eigenvalue weighted by Gasteiger charge is 2.13. The molecule has 0 unspecified atom stereocenters. The summed E-state index contributed by atoms with van der Waals surface area (Å²) in [6, 6.07) is 11.6. The summed E-state index contributed by atoms with van der Waals surface area (Å²) in [5.74, 6) is 1.50. The molecule has 0 N–H and O–H groups in total. The van der Waals surface area contributed by atoms with Gasteiger partial charge in [-0.2, -0.15) is 0 Å². The summed E-state index contributed by atoms with van der Waals surface area (Å²) >= 11 is 0. The first-order valence-electron chi connectivity index (χ1n) is 5.37. The molecule has 0 bridgehead atoms. The van der Waals surface area contributed by atoms with Crippen LogP contribution in [0.25, 0.3) is 21.9 Å². The van der Waals surface area contributed by atoms with E-state index in [-0.39, 0.29) is 0 Å². The molecule has 17 heavy (non-hydrogen) atoms. The summed E-state index contributed by atoms with van der Waals surface area (Å²) in [5, 5.41) is 2.05. The SMILES string of the molecule is COc1cc(OC)c2c(c1)oc1ccccc12.